The number of hydrogen-bond acceptors (Lipinski definition) is 6. The first-order valence-corrected chi connectivity index (χ1v) is 9.05. The normalized spacial score (nSPS) is 18.2. The van der Waals surface area contributed by atoms with Crippen LogP contribution in [0.5, 0.6) is 0 Å². The zero-order chi connectivity index (χ0) is 19.1. The van der Waals surface area contributed by atoms with E-state index in [-0.39, 0.29) is 37.5 Å². The van der Waals surface area contributed by atoms with Crippen molar-refractivity contribution < 1.29 is 28.8 Å². The molecule has 0 bridgehead atoms. The van der Waals surface area contributed by atoms with E-state index in [9.17, 15) is 24.0 Å². The number of nitrogens with zero attached hydrogens (tertiary/aromatic N) is 2. The molecule has 0 spiro atoms. The first-order valence-electron chi connectivity index (χ1n) is 9.05. The predicted octanol–water partition coefficient (Wildman–Crippen LogP) is 1.64. The molecule has 1 saturated heterocycles. The summed E-state index contributed by atoms with van der Waals surface area (Å²) < 4.78 is 0. The van der Waals surface area contributed by atoms with Crippen molar-refractivity contribution in [1.82, 2.24) is 9.96 Å². The van der Waals surface area contributed by atoms with Gasteiger partial charge in [0.15, 0.2) is 0 Å². The summed E-state index contributed by atoms with van der Waals surface area (Å²) >= 11 is 0. The van der Waals surface area contributed by atoms with Gasteiger partial charge in [0, 0.05) is 37.5 Å². The Balaban J connectivity index is 1.89. The molecule has 1 atom stereocenters. The SMILES string of the molecule is CCCCCCC(CCC(=O)ON1C(=O)CCC1=O)N1C(=O)C=CC1=O. The fourth-order valence-electron chi connectivity index (χ4n) is 3.07. The first kappa shape index (κ1) is 19.8. The standard InChI is InChI=1S/C18H24N2O6/c1-2-3-4-5-6-13(19-14(21)8-9-15(19)22)7-12-18(25)26-20-16(23)10-11-17(20)24/h8-9,13H,2-7,10-12H2,1H3. The van der Waals surface area contributed by atoms with Crippen molar-refractivity contribution in [3.63, 3.8) is 0 Å². The monoisotopic (exact) mass is 364 g/mol. The highest BCUT2D eigenvalue weighted by molar-refractivity contribution is 6.13. The average molecular weight is 364 g/mol. The molecule has 0 saturated carbocycles. The second-order valence-electron chi connectivity index (χ2n) is 6.47. The molecule has 2 aliphatic heterocycles. The molecule has 26 heavy (non-hydrogen) atoms. The predicted molar refractivity (Wildman–Crippen MR) is 90.0 cm³/mol. The Morgan fingerprint density at radius 2 is 1.62 bits per heavy atom. The fourth-order valence-corrected chi connectivity index (χ4v) is 3.07. The molecule has 1 fully saturated rings. The number of amides is 4. The quantitative estimate of drug-likeness (QED) is 0.431. The number of carbonyl (C=O) groups excluding carboxylic acids is 5. The van der Waals surface area contributed by atoms with Crippen LogP contribution in [0.25, 0.3) is 0 Å². The van der Waals surface area contributed by atoms with Crippen LogP contribution in [0, 0.1) is 0 Å². The largest absolute Gasteiger partial charge is 0.333 e. The van der Waals surface area contributed by atoms with Crippen LogP contribution in [0.1, 0.15) is 64.7 Å². The van der Waals surface area contributed by atoms with E-state index in [2.05, 4.69) is 6.92 Å². The van der Waals surface area contributed by atoms with E-state index < -0.39 is 23.8 Å². The Labute approximate surface area is 152 Å². The molecular formula is C18H24N2O6. The van der Waals surface area contributed by atoms with Crippen molar-refractivity contribution in [3.8, 4) is 0 Å². The van der Waals surface area contributed by atoms with Gasteiger partial charge in [-0.1, -0.05) is 32.6 Å². The summed E-state index contributed by atoms with van der Waals surface area (Å²) in [6.07, 6.45) is 7.23. The van der Waals surface area contributed by atoms with Crippen molar-refractivity contribution in [2.24, 2.45) is 0 Å². The maximum atomic E-state index is 12.0. The van der Waals surface area contributed by atoms with Gasteiger partial charge in [0.25, 0.3) is 23.6 Å². The summed E-state index contributed by atoms with van der Waals surface area (Å²) in [5.74, 6) is -2.55. The summed E-state index contributed by atoms with van der Waals surface area (Å²) in [6, 6.07) is -0.403. The number of hydroxylamine groups is 2. The third kappa shape index (κ3) is 5.00. The number of rotatable bonds is 10. The Kier molecular flexibility index (Phi) is 7.06. The molecule has 8 nitrogen and oxygen atoms in total. The van der Waals surface area contributed by atoms with Crippen LogP contribution in [0.3, 0.4) is 0 Å². The van der Waals surface area contributed by atoms with Gasteiger partial charge >= 0.3 is 5.97 Å². The van der Waals surface area contributed by atoms with Gasteiger partial charge in [0.2, 0.25) is 0 Å². The number of imide groups is 2. The number of carbonyl (C=O) groups is 5. The zero-order valence-electron chi connectivity index (χ0n) is 14.9. The zero-order valence-corrected chi connectivity index (χ0v) is 14.9. The molecule has 0 aromatic carbocycles. The van der Waals surface area contributed by atoms with Gasteiger partial charge in [0.05, 0.1) is 0 Å². The Hall–Kier alpha value is -2.51. The number of hydrogen-bond donors (Lipinski definition) is 0. The molecule has 0 aromatic rings. The maximum absolute atomic E-state index is 12.0. The van der Waals surface area contributed by atoms with Crippen molar-refractivity contribution in [2.45, 2.75) is 70.8 Å². The van der Waals surface area contributed by atoms with E-state index >= 15 is 0 Å². The van der Waals surface area contributed by atoms with Crippen LogP contribution in [-0.2, 0) is 28.8 Å². The minimum Gasteiger partial charge on any atom is -0.330 e. The molecule has 0 aromatic heterocycles. The van der Waals surface area contributed by atoms with Gasteiger partial charge in [-0.15, -0.1) is 5.06 Å². The topological polar surface area (TPSA) is 101 Å². The third-order valence-corrected chi connectivity index (χ3v) is 4.48. The van der Waals surface area contributed by atoms with Crippen LogP contribution in [0.4, 0.5) is 0 Å². The van der Waals surface area contributed by atoms with Gasteiger partial charge in [-0.25, -0.2) is 4.79 Å². The lowest BCUT2D eigenvalue weighted by Crippen LogP contribution is -2.40. The summed E-state index contributed by atoms with van der Waals surface area (Å²) in [5, 5.41) is 0.506. The lowest BCUT2D eigenvalue weighted by Gasteiger charge is -2.26. The van der Waals surface area contributed by atoms with Crippen LogP contribution in [0.15, 0.2) is 12.2 Å². The molecule has 2 rings (SSSR count). The smallest absolute Gasteiger partial charge is 0.330 e. The average Bonchev–Trinajstić information content (AvgIpc) is 3.10. The molecule has 2 heterocycles. The van der Waals surface area contributed by atoms with Gasteiger partial charge in [-0.05, 0) is 12.8 Å². The van der Waals surface area contributed by atoms with Crippen LogP contribution in [0.2, 0.25) is 0 Å². The number of unbranched alkanes of at least 4 members (excludes halogenated alkanes) is 3. The van der Waals surface area contributed by atoms with E-state index in [1.54, 1.807) is 0 Å². The maximum Gasteiger partial charge on any atom is 0.333 e. The Morgan fingerprint density at radius 1 is 1.00 bits per heavy atom. The van der Waals surface area contributed by atoms with Crippen molar-refractivity contribution >= 4 is 29.6 Å². The van der Waals surface area contributed by atoms with E-state index in [1.165, 1.54) is 17.1 Å². The van der Waals surface area contributed by atoms with Gasteiger partial charge in [-0.2, -0.15) is 0 Å². The van der Waals surface area contributed by atoms with Crippen molar-refractivity contribution in [1.29, 1.82) is 0 Å². The summed E-state index contributed by atoms with van der Waals surface area (Å²) in [7, 11) is 0. The first-order chi connectivity index (χ1) is 12.4. The highest BCUT2D eigenvalue weighted by atomic mass is 16.7. The highest BCUT2D eigenvalue weighted by Crippen LogP contribution is 2.21. The lowest BCUT2D eigenvalue weighted by molar-refractivity contribution is -0.197. The summed E-state index contributed by atoms with van der Waals surface area (Å²) in [6.45, 7) is 2.09. The molecule has 2 aliphatic rings. The molecule has 0 aliphatic carbocycles. The Morgan fingerprint density at radius 3 is 2.19 bits per heavy atom. The van der Waals surface area contributed by atoms with Crippen LogP contribution in [-0.4, -0.2) is 45.6 Å². The summed E-state index contributed by atoms with van der Waals surface area (Å²) in [4.78, 5) is 64.8. The van der Waals surface area contributed by atoms with E-state index in [0.717, 1.165) is 25.7 Å². The van der Waals surface area contributed by atoms with Crippen molar-refractivity contribution in [3.05, 3.63) is 12.2 Å². The molecular weight excluding hydrogens is 340 g/mol. The van der Waals surface area contributed by atoms with Crippen LogP contribution < -0.4 is 0 Å². The molecule has 0 radical (unpaired) electrons. The third-order valence-electron chi connectivity index (χ3n) is 4.48. The Bertz CT molecular complexity index is 593. The highest BCUT2D eigenvalue weighted by Gasteiger charge is 2.34. The van der Waals surface area contributed by atoms with E-state index in [1.807, 2.05) is 0 Å². The second-order valence-corrected chi connectivity index (χ2v) is 6.47. The molecule has 0 N–H and O–H groups in total. The molecule has 8 heteroatoms. The van der Waals surface area contributed by atoms with Gasteiger partial charge < -0.3 is 4.84 Å². The minimum atomic E-state index is -0.723. The van der Waals surface area contributed by atoms with E-state index in [4.69, 9.17) is 4.84 Å². The second kappa shape index (κ2) is 9.26. The van der Waals surface area contributed by atoms with E-state index in [0.29, 0.717) is 11.5 Å². The summed E-state index contributed by atoms with van der Waals surface area (Å²) in [5.41, 5.74) is 0. The fraction of sp³-hybridized carbons (Fsp3) is 0.611. The molecule has 4 amide bonds. The lowest BCUT2D eigenvalue weighted by atomic mass is 10.0. The van der Waals surface area contributed by atoms with Crippen LogP contribution >= 0.6 is 0 Å². The van der Waals surface area contributed by atoms with Crippen molar-refractivity contribution in [2.75, 3.05) is 0 Å². The van der Waals surface area contributed by atoms with Gasteiger partial charge in [0.1, 0.15) is 0 Å². The minimum absolute atomic E-state index is 0.0363. The molecule has 1 unspecified atom stereocenters. The molecule has 142 valence electrons. The van der Waals surface area contributed by atoms with Gasteiger partial charge in [-0.3, -0.25) is 24.1 Å².